The van der Waals surface area contributed by atoms with Crippen LogP contribution in [0.4, 0.5) is 5.69 Å². The van der Waals surface area contributed by atoms with Crippen LogP contribution in [0.5, 0.6) is 5.75 Å². The van der Waals surface area contributed by atoms with Crippen molar-refractivity contribution in [3.63, 3.8) is 0 Å². The Kier molecular flexibility index (Phi) is 5.75. The van der Waals surface area contributed by atoms with E-state index in [2.05, 4.69) is 52.8 Å². The van der Waals surface area contributed by atoms with Crippen molar-refractivity contribution in [2.75, 3.05) is 4.90 Å². The van der Waals surface area contributed by atoms with E-state index in [4.69, 9.17) is 23.8 Å². The van der Waals surface area contributed by atoms with E-state index >= 15 is 0 Å². The van der Waals surface area contributed by atoms with Crippen LogP contribution in [0.3, 0.4) is 0 Å². The van der Waals surface area contributed by atoms with Gasteiger partial charge in [-0.05, 0) is 86.6 Å². The molecule has 0 radical (unpaired) electrons. The number of aryl methyl sites for hydroxylation is 2. The number of halogens is 1. The summed E-state index contributed by atoms with van der Waals surface area (Å²) in [6, 6.07) is 16.5. The molecule has 0 saturated carbocycles. The molecule has 4 heterocycles. The maximum Gasteiger partial charge on any atom is 0.174 e. The van der Waals surface area contributed by atoms with Crippen LogP contribution in [0.2, 0.25) is 5.02 Å². The lowest BCUT2D eigenvalue weighted by Crippen LogP contribution is -2.29. The van der Waals surface area contributed by atoms with Crippen molar-refractivity contribution in [1.29, 1.82) is 0 Å². The summed E-state index contributed by atoms with van der Waals surface area (Å²) >= 11 is 12.1. The van der Waals surface area contributed by atoms with E-state index < -0.39 is 0 Å². The number of rotatable bonds is 4. The van der Waals surface area contributed by atoms with Gasteiger partial charge in [0.2, 0.25) is 0 Å². The molecule has 1 saturated heterocycles. The largest absolute Gasteiger partial charge is 0.506 e. The molecule has 1 aliphatic heterocycles. The second-order valence-electron chi connectivity index (χ2n) is 8.44. The zero-order chi connectivity index (χ0) is 24.0. The second-order valence-corrected chi connectivity index (χ2v) is 9.26. The van der Waals surface area contributed by atoms with Gasteiger partial charge in [-0.3, -0.25) is 4.98 Å². The summed E-state index contributed by atoms with van der Waals surface area (Å²) in [5.74, 6) is 0.999. The predicted molar refractivity (Wildman–Crippen MR) is 139 cm³/mol. The molecule has 6 nitrogen and oxygen atoms in total. The van der Waals surface area contributed by atoms with Gasteiger partial charge in [0.05, 0.1) is 23.5 Å². The Balaban J connectivity index is 1.72. The number of pyridine rings is 2. The molecule has 5 rings (SSSR count). The number of thiocarbonyl (C=S) groups is 1. The summed E-state index contributed by atoms with van der Waals surface area (Å²) in [5.41, 5.74) is 5.65. The molecule has 1 fully saturated rings. The summed E-state index contributed by atoms with van der Waals surface area (Å²) < 4.78 is 2.16. The molecule has 0 spiro atoms. The van der Waals surface area contributed by atoms with E-state index in [1.807, 2.05) is 29.2 Å². The molecular formula is C26H24ClN5OS. The van der Waals surface area contributed by atoms with Gasteiger partial charge in [0, 0.05) is 28.8 Å². The molecule has 2 unspecified atom stereocenters. The smallest absolute Gasteiger partial charge is 0.174 e. The van der Waals surface area contributed by atoms with Crippen LogP contribution in [-0.2, 0) is 0 Å². The fraction of sp³-hybridized carbons (Fsp3) is 0.192. The minimum Gasteiger partial charge on any atom is -0.506 e. The number of aromatic nitrogens is 3. The quantitative estimate of drug-likeness (QED) is 0.357. The Morgan fingerprint density at radius 2 is 1.79 bits per heavy atom. The number of hydrogen-bond donors (Lipinski definition) is 2. The Morgan fingerprint density at radius 3 is 2.53 bits per heavy atom. The molecule has 3 aromatic heterocycles. The van der Waals surface area contributed by atoms with Crippen LogP contribution in [0.25, 0.3) is 5.82 Å². The Bertz CT molecular complexity index is 1390. The third kappa shape index (κ3) is 3.71. The first-order valence-corrected chi connectivity index (χ1v) is 11.8. The van der Waals surface area contributed by atoms with E-state index in [0.29, 0.717) is 15.8 Å². The molecule has 1 aliphatic rings. The number of nitrogens with one attached hydrogen (secondary N) is 1. The Hall–Kier alpha value is -3.42. The fourth-order valence-electron chi connectivity index (χ4n) is 4.74. The van der Waals surface area contributed by atoms with Crippen LogP contribution in [0, 0.1) is 20.8 Å². The van der Waals surface area contributed by atoms with Gasteiger partial charge < -0.3 is 19.9 Å². The topological polar surface area (TPSA) is 66.2 Å². The van der Waals surface area contributed by atoms with Gasteiger partial charge in [0.25, 0.3) is 0 Å². The van der Waals surface area contributed by atoms with Gasteiger partial charge in [0.15, 0.2) is 5.11 Å². The minimum absolute atomic E-state index is 0.106. The molecule has 2 atom stereocenters. The normalized spacial score (nSPS) is 17.8. The third-order valence-corrected chi connectivity index (χ3v) is 6.83. The first-order valence-electron chi connectivity index (χ1n) is 11.0. The Labute approximate surface area is 208 Å². The van der Waals surface area contributed by atoms with E-state index in [0.717, 1.165) is 34.0 Å². The van der Waals surface area contributed by atoms with Crippen LogP contribution in [0.15, 0.2) is 67.0 Å². The zero-order valence-corrected chi connectivity index (χ0v) is 20.6. The highest BCUT2D eigenvalue weighted by Crippen LogP contribution is 2.46. The summed E-state index contributed by atoms with van der Waals surface area (Å²) in [7, 11) is 0. The maximum atomic E-state index is 10.8. The molecule has 2 N–H and O–H groups in total. The van der Waals surface area contributed by atoms with Gasteiger partial charge in [-0.25, -0.2) is 4.98 Å². The molecule has 0 bridgehead atoms. The number of phenolic OH excluding ortho intramolecular Hbond substituents is 1. The standard InChI is InChI=1S/C26H24ClN5OS/c1-15-7-6-12-29-25(15)31-16(2)13-19(17(31)3)24-23(20-8-4-5-11-28-20)30-26(34)32(24)21-14-18(27)9-10-22(21)33/h4-14,23-24,33H,1-3H3,(H,30,34). The van der Waals surface area contributed by atoms with Gasteiger partial charge in [-0.15, -0.1) is 0 Å². The maximum absolute atomic E-state index is 10.8. The molecule has 4 aromatic rings. The third-order valence-electron chi connectivity index (χ3n) is 6.28. The summed E-state index contributed by atoms with van der Waals surface area (Å²) in [5, 5.41) is 15.2. The van der Waals surface area contributed by atoms with Gasteiger partial charge >= 0.3 is 0 Å². The van der Waals surface area contributed by atoms with E-state index in [1.165, 1.54) is 0 Å². The van der Waals surface area contributed by atoms with Crippen LogP contribution in [-0.4, -0.2) is 24.8 Å². The van der Waals surface area contributed by atoms with Crippen molar-refractivity contribution in [2.24, 2.45) is 0 Å². The highest BCUT2D eigenvalue weighted by molar-refractivity contribution is 7.80. The van der Waals surface area contributed by atoms with Crippen molar-refractivity contribution in [3.05, 3.63) is 100 Å². The minimum atomic E-state index is -0.268. The molecule has 34 heavy (non-hydrogen) atoms. The number of phenols is 1. The monoisotopic (exact) mass is 489 g/mol. The summed E-state index contributed by atoms with van der Waals surface area (Å²) in [6.07, 6.45) is 3.58. The molecule has 8 heteroatoms. The summed E-state index contributed by atoms with van der Waals surface area (Å²) in [6.45, 7) is 6.21. The number of nitrogens with zero attached hydrogens (tertiary/aromatic N) is 4. The lowest BCUT2D eigenvalue weighted by atomic mass is 9.96. The van der Waals surface area contributed by atoms with E-state index in [1.54, 1.807) is 30.6 Å². The second kappa shape index (κ2) is 8.74. The zero-order valence-electron chi connectivity index (χ0n) is 19.0. The summed E-state index contributed by atoms with van der Waals surface area (Å²) in [4.78, 5) is 11.2. The highest BCUT2D eigenvalue weighted by Gasteiger charge is 2.43. The average Bonchev–Trinajstić information content (AvgIpc) is 3.32. The van der Waals surface area contributed by atoms with Gasteiger partial charge in [-0.2, -0.15) is 0 Å². The van der Waals surface area contributed by atoms with Crippen molar-refractivity contribution in [3.8, 4) is 11.6 Å². The first-order chi connectivity index (χ1) is 16.4. The van der Waals surface area contributed by atoms with E-state index in [9.17, 15) is 5.11 Å². The molecule has 0 aliphatic carbocycles. The first kappa shape index (κ1) is 22.4. The lowest BCUT2D eigenvalue weighted by molar-refractivity contribution is 0.472. The highest BCUT2D eigenvalue weighted by atomic mass is 35.5. The SMILES string of the molecule is Cc1cccnc1-n1c(C)cc(C2C(c3ccccn3)NC(=S)N2c2cc(Cl)ccc2O)c1C. The lowest BCUT2D eigenvalue weighted by Gasteiger charge is -2.28. The molecule has 172 valence electrons. The van der Waals surface area contributed by atoms with Crippen molar-refractivity contribution in [2.45, 2.75) is 32.9 Å². The fourth-order valence-corrected chi connectivity index (χ4v) is 5.25. The molecular weight excluding hydrogens is 466 g/mol. The van der Waals surface area contributed by atoms with E-state index in [-0.39, 0.29) is 17.8 Å². The predicted octanol–water partition coefficient (Wildman–Crippen LogP) is 5.73. The van der Waals surface area contributed by atoms with Gasteiger partial charge in [-0.1, -0.05) is 23.7 Å². The number of anilines is 1. The number of benzene rings is 1. The van der Waals surface area contributed by atoms with Crippen LogP contribution >= 0.6 is 23.8 Å². The number of hydrogen-bond acceptors (Lipinski definition) is 4. The molecule has 0 amide bonds. The van der Waals surface area contributed by atoms with Gasteiger partial charge in [0.1, 0.15) is 11.6 Å². The van der Waals surface area contributed by atoms with Crippen LogP contribution < -0.4 is 10.2 Å². The van der Waals surface area contributed by atoms with Crippen molar-refractivity contribution in [1.82, 2.24) is 19.9 Å². The van der Waals surface area contributed by atoms with Crippen molar-refractivity contribution < 1.29 is 5.11 Å². The molecule has 1 aromatic carbocycles. The van der Waals surface area contributed by atoms with Crippen molar-refractivity contribution >= 4 is 34.6 Å². The number of aromatic hydroxyl groups is 1. The Morgan fingerprint density at radius 1 is 1.00 bits per heavy atom. The van der Waals surface area contributed by atoms with Crippen LogP contribution in [0.1, 0.15) is 40.3 Å². The average molecular weight is 490 g/mol.